The molecule has 1 amide bonds. The van der Waals surface area contributed by atoms with Crippen molar-refractivity contribution in [2.24, 2.45) is 0 Å². The van der Waals surface area contributed by atoms with Gasteiger partial charge < -0.3 is 24.1 Å². The van der Waals surface area contributed by atoms with E-state index >= 15 is 0 Å². The van der Waals surface area contributed by atoms with Crippen LogP contribution in [0.4, 0.5) is 0 Å². The minimum atomic E-state index is -0.191. The number of aryl methyl sites for hydroxylation is 1. The first-order valence-electron chi connectivity index (χ1n) is 7.28. The predicted molar refractivity (Wildman–Crippen MR) is 83.1 cm³/mol. The standard InChI is InChI=1S/C16H19N3O4/c1-21-13-6-10(7-14(22-2)15(13)23-3)16(20)18-11-4-5-19-9-17-8-12(11)19/h6-9,11H,4-5H2,1-3H3,(H,18,20). The number of carbonyl (C=O) groups excluding carboxylic acids is 1. The molecule has 1 atom stereocenters. The van der Waals surface area contributed by atoms with Crippen LogP contribution in [0.3, 0.4) is 0 Å². The molecular weight excluding hydrogens is 298 g/mol. The lowest BCUT2D eigenvalue weighted by atomic mass is 10.1. The third kappa shape index (κ3) is 2.69. The van der Waals surface area contributed by atoms with Gasteiger partial charge in [0.05, 0.1) is 45.6 Å². The third-order valence-corrected chi connectivity index (χ3v) is 3.99. The molecule has 3 rings (SSSR count). The summed E-state index contributed by atoms with van der Waals surface area (Å²) in [7, 11) is 4.57. The summed E-state index contributed by atoms with van der Waals surface area (Å²) in [5.41, 5.74) is 1.48. The van der Waals surface area contributed by atoms with Gasteiger partial charge in [-0.05, 0) is 18.6 Å². The van der Waals surface area contributed by atoms with Crippen LogP contribution in [0.25, 0.3) is 0 Å². The highest BCUT2D eigenvalue weighted by molar-refractivity contribution is 5.95. The first-order valence-corrected chi connectivity index (χ1v) is 7.28. The molecule has 0 spiro atoms. The highest BCUT2D eigenvalue weighted by Gasteiger charge is 2.25. The zero-order valence-electron chi connectivity index (χ0n) is 13.3. The molecule has 1 aromatic heterocycles. The number of benzene rings is 1. The maximum atomic E-state index is 12.6. The average Bonchev–Trinajstić information content (AvgIpc) is 3.18. The van der Waals surface area contributed by atoms with Gasteiger partial charge in [0.1, 0.15) is 0 Å². The van der Waals surface area contributed by atoms with Crippen LogP contribution < -0.4 is 19.5 Å². The number of amides is 1. The van der Waals surface area contributed by atoms with Crippen molar-refractivity contribution in [3.63, 3.8) is 0 Å². The number of hydrogen-bond donors (Lipinski definition) is 1. The molecule has 2 heterocycles. The van der Waals surface area contributed by atoms with Gasteiger partial charge in [-0.3, -0.25) is 4.79 Å². The topological polar surface area (TPSA) is 74.6 Å². The molecule has 0 radical (unpaired) electrons. The maximum absolute atomic E-state index is 12.6. The predicted octanol–water partition coefficient (Wildman–Crippen LogP) is 1.78. The van der Waals surface area contributed by atoms with Gasteiger partial charge in [-0.15, -0.1) is 0 Å². The number of ether oxygens (including phenoxy) is 3. The van der Waals surface area contributed by atoms with Gasteiger partial charge in [0, 0.05) is 12.1 Å². The molecular formula is C16H19N3O4. The molecule has 1 N–H and O–H groups in total. The monoisotopic (exact) mass is 317 g/mol. The van der Waals surface area contributed by atoms with Crippen LogP contribution in [0, 0.1) is 0 Å². The number of hydrogen-bond acceptors (Lipinski definition) is 5. The summed E-state index contributed by atoms with van der Waals surface area (Å²) in [6, 6.07) is 3.25. The normalized spacial score (nSPS) is 15.9. The van der Waals surface area contributed by atoms with Crippen LogP contribution in [0.2, 0.25) is 0 Å². The highest BCUT2D eigenvalue weighted by atomic mass is 16.5. The first kappa shape index (κ1) is 15.2. The van der Waals surface area contributed by atoms with E-state index in [-0.39, 0.29) is 11.9 Å². The van der Waals surface area contributed by atoms with E-state index in [0.29, 0.717) is 22.8 Å². The summed E-state index contributed by atoms with van der Waals surface area (Å²) in [6.07, 6.45) is 4.42. The second-order valence-corrected chi connectivity index (χ2v) is 5.24. The lowest BCUT2D eigenvalue weighted by molar-refractivity contribution is 0.0936. The zero-order valence-corrected chi connectivity index (χ0v) is 13.3. The summed E-state index contributed by atoms with van der Waals surface area (Å²) >= 11 is 0. The van der Waals surface area contributed by atoms with Crippen molar-refractivity contribution in [1.29, 1.82) is 0 Å². The number of fused-ring (bicyclic) bond motifs is 1. The molecule has 7 heteroatoms. The van der Waals surface area contributed by atoms with Crippen molar-refractivity contribution in [1.82, 2.24) is 14.9 Å². The van der Waals surface area contributed by atoms with Crippen LogP contribution in [0.1, 0.15) is 28.5 Å². The SMILES string of the molecule is COc1cc(C(=O)NC2CCn3cncc32)cc(OC)c1OC. The Morgan fingerprint density at radius 1 is 1.22 bits per heavy atom. The van der Waals surface area contributed by atoms with E-state index in [1.54, 1.807) is 24.7 Å². The fourth-order valence-electron chi connectivity index (χ4n) is 2.82. The van der Waals surface area contributed by atoms with Crippen molar-refractivity contribution in [2.75, 3.05) is 21.3 Å². The quantitative estimate of drug-likeness (QED) is 0.910. The third-order valence-electron chi connectivity index (χ3n) is 3.99. The van der Waals surface area contributed by atoms with Gasteiger partial charge in [-0.2, -0.15) is 0 Å². The summed E-state index contributed by atoms with van der Waals surface area (Å²) < 4.78 is 17.9. The van der Waals surface area contributed by atoms with Crippen molar-refractivity contribution < 1.29 is 19.0 Å². The maximum Gasteiger partial charge on any atom is 0.252 e. The van der Waals surface area contributed by atoms with Gasteiger partial charge in [0.25, 0.3) is 5.91 Å². The van der Waals surface area contributed by atoms with E-state index in [1.165, 1.54) is 21.3 Å². The average molecular weight is 317 g/mol. The molecule has 23 heavy (non-hydrogen) atoms. The number of carbonyl (C=O) groups is 1. The number of imidazole rings is 1. The van der Waals surface area contributed by atoms with Crippen molar-refractivity contribution in [3.8, 4) is 17.2 Å². The Labute approximate surface area is 134 Å². The number of aromatic nitrogens is 2. The summed E-state index contributed by atoms with van der Waals surface area (Å²) in [4.78, 5) is 16.7. The van der Waals surface area contributed by atoms with Crippen LogP contribution in [0.5, 0.6) is 17.2 Å². The molecule has 122 valence electrons. The second kappa shape index (κ2) is 6.20. The van der Waals surface area contributed by atoms with Crippen molar-refractivity contribution >= 4 is 5.91 Å². The molecule has 0 bridgehead atoms. The minimum Gasteiger partial charge on any atom is -0.493 e. The zero-order chi connectivity index (χ0) is 16.4. The number of nitrogens with one attached hydrogen (secondary N) is 1. The van der Waals surface area contributed by atoms with Crippen molar-refractivity contribution in [3.05, 3.63) is 35.9 Å². The van der Waals surface area contributed by atoms with Crippen LogP contribution >= 0.6 is 0 Å². The summed E-state index contributed by atoms with van der Waals surface area (Å²) in [5.74, 6) is 1.18. The minimum absolute atomic E-state index is 0.0379. The molecule has 1 aliphatic heterocycles. The smallest absolute Gasteiger partial charge is 0.252 e. The van der Waals surface area contributed by atoms with Gasteiger partial charge in [-0.1, -0.05) is 0 Å². The van der Waals surface area contributed by atoms with E-state index in [4.69, 9.17) is 14.2 Å². The number of methoxy groups -OCH3 is 3. The van der Waals surface area contributed by atoms with E-state index in [2.05, 4.69) is 10.3 Å². The van der Waals surface area contributed by atoms with Crippen molar-refractivity contribution in [2.45, 2.75) is 19.0 Å². The lowest BCUT2D eigenvalue weighted by Crippen LogP contribution is -2.27. The molecule has 7 nitrogen and oxygen atoms in total. The molecule has 0 saturated carbocycles. The second-order valence-electron chi connectivity index (χ2n) is 5.24. The van der Waals surface area contributed by atoms with E-state index in [9.17, 15) is 4.79 Å². The van der Waals surface area contributed by atoms with Crippen LogP contribution in [-0.4, -0.2) is 36.8 Å². The van der Waals surface area contributed by atoms with E-state index < -0.39 is 0 Å². The number of nitrogens with zero attached hydrogens (tertiary/aromatic N) is 2. The Morgan fingerprint density at radius 3 is 2.52 bits per heavy atom. The largest absolute Gasteiger partial charge is 0.493 e. The fourth-order valence-corrected chi connectivity index (χ4v) is 2.82. The van der Waals surface area contributed by atoms with E-state index in [1.807, 2.05) is 4.57 Å². The summed E-state index contributed by atoms with van der Waals surface area (Å²) in [5, 5.41) is 3.03. The Kier molecular flexibility index (Phi) is 4.10. The molecule has 1 aliphatic rings. The Morgan fingerprint density at radius 2 is 1.91 bits per heavy atom. The molecule has 1 aromatic carbocycles. The van der Waals surface area contributed by atoms with Crippen LogP contribution in [-0.2, 0) is 6.54 Å². The Bertz CT molecular complexity index is 701. The van der Waals surface area contributed by atoms with Crippen LogP contribution in [0.15, 0.2) is 24.7 Å². The molecule has 0 aliphatic carbocycles. The molecule has 0 fully saturated rings. The molecule has 1 unspecified atom stereocenters. The molecule has 0 saturated heterocycles. The molecule has 2 aromatic rings. The highest BCUT2D eigenvalue weighted by Crippen LogP contribution is 2.38. The fraction of sp³-hybridized carbons (Fsp3) is 0.375. The van der Waals surface area contributed by atoms with E-state index in [0.717, 1.165) is 18.7 Å². The Hall–Kier alpha value is -2.70. The van der Waals surface area contributed by atoms with Gasteiger partial charge in [-0.25, -0.2) is 4.98 Å². The van der Waals surface area contributed by atoms with Gasteiger partial charge >= 0.3 is 0 Å². The Balaban J connectivity index is 1.85. The number of rotatable bonds is 5. The first-order chi connectivity index (χ1) is 11.2. The lowest BCUT2D eigenvalue weighted by Gasteiger charge is -2.16. The van der Waals surface area contributed by atoms with Gasteiger partial charge in [0.15, 0.2) is 11.5 Å². The van der Waals surface area contributed by atoms with Gasteiger partial charge in [0.2, 0.25) is 5.75 Å². The summed E-state index contributed by atoms with van der Waals surface area (Å²) in [6.45, 7) is 0.857.